The van der Waals surface area contributed by atoms with E-state index in [0.29, 0.717) is 11.9 Å². The van der Waals surface area contributed by atoms with E-state index in [1.807, 2.05) is 7.05 Å². The highest BCUT2D eigenvalue weighted by atomic mass is 35.5. The van der Waals surface area contributed by atoms with E-state index in [9.17, 15) is 0 Å². The van der Waals surface area contributed by atoms with Gasteiger partial charge in [-0.15, -0.1) is 11.6 Å². The van der Waals surface area contributed by atoms with Gasteiger partial charge in [-0.05, 0) is 36.6 Å². The number of halogens is 1. The van der Waals surface area contributed by atoms with E-state index < -0.39 is 0 Å². The van der Waals surface area contributed by atoms with Crippen molar-refractivity contribution in [2.45, 2.75) is 26.2 Å². The standard InChI is InChI=1S/C14H22ClNO/c1-11(2)12-5-6-14(17-4)13(9-12)7-8-16(3)10-15/h5-6,9,11H,7-8,10H2,1-4H3. The Hall–Kier alpha value is -0.730. The number of methoxy groups -OCH3 is 1. The molecule has 0 N–H and O–H groups in total. The minimum atomic E-state index is 0.547. The first-order chi connectivity index (χ1) is 8.08. The molecule has 0 amide bonds. The zero-order chi connectivity index (χ0) is 12.8. The smallest absolute Gasteiger partial charge is 0.122 e. The molecule has 0 spiro atoms. The number of nitrogens with zero attached hydrogens (tertiary/aromatic N) is 1. The molecule has 0 radical (unpaired) electrons. The summed E-state index contributed by atoms with van der Waals surface area (Å²) in [4.78, 5) is 2.09. The lowest BCUT2D eigenvalue weighted by atomic mass is 9.99. The van der Waals surface area contributed by atoms with E-state index in [4.69, 9.17) is 16.3 Å². The summed E-state index contributed by atoms with van der Waals surface area (Å²) >= 11 is 5.77. The third-order valence-corrected chi connectivity index (χ3v) is 3.35. The second-order valence-electron chi connectivity index (χ2n) is 4.68. The molecule has 96 valence electrons. The van der Waals surface area contributed by atoms with Gasteiger partial charge in [0.25, 0.3) is 0 Å². The summed E-state index contributed by atoms with van der Waals surface area (Å²) in [5.41, 5.74) is 2.62. The first-order valence-corrected chi connectivity index (χ1v) is 6.53. The van der Waals surface area contributed by atoms with Gasteiger partial charge in [0, 0.05) is 6.54 Å². The van der Waals surface area contributed by atoms with Gasteiger partial charge in [-0.1, -0.05) is 26.0 Å². The SMILES string of the molecule is COc1ccc(C(C)C)cc1CCN(C)CCl. The van der Waals surface area contributed by atoms with Crippen LogP contribution in [0, 0.1) is 0 Å². The highest BCUT2D eigenvalue weighted by Crippen LogP contribution is 2.24. The first kappa shape index (κ1) is 14.3. The largest absolute Gasteiger partial charge is 0.496 e. The molecule has 0 unspecified atom stereocenters. The van der Waals surface area contributed by atoms with E-state index >= 15 is 0 Å². The van der Waals surface area contributed by atoms with E-state index in [0.717, 1.165) is 18.7 Å². The Morgan fingerprint density at radius 3 is 2.59 bits per heavy atom. The number of likely N-dealkylation sites (N-methyl/N-ethyl adjacent to an activating group) is 1. The Bertz CT molecular complexity index is 352. The summed E-state index contributed by atoms with van der Waals surface area (Å²) in [6.07, 6.45) is 0.965. The summed E-state index contributed by atoms with van der Waals surface area (Å²) in [7, 11) is 3.74. The van der Waals surface area contributed by atoms with Crippen LogP contribution in [0.5, 0.6) is 5.75 Å². The molecule has 0 aliphatic heterocycles. The molecule has 0 atom stereocenters. The predicted molar refractivity (Wildman–Crippen MR) is 74.1 cm³/mol. The number of hydrogen-bond donors (Lipinski definition) is 0. The minimum absolute atomic E-state index is 0.547. The van der Waals surface area contributed by atoms with Crippen LogP contribution in [0.15, 0.2) is 18.2 Å². The van der Waals surface area contributed by atoms with Crippen LogP contribution in [0.3, 0.4) is 0 Å². The lowest BCUT2D eigenvalue weighted by molar-refractivity contribution is 0.381. The average Bonchev–Trinajstić information content (AvgIpc) is 2.35. The number of ether oxygens (including phenoxy) is 1. The molecule has 1 aromatic carbocycles. The summed E-state index contributed by atoms with van der Waals surface area (Å²) in [6.45, 7) is 5.36. The maximum absolute atomic E-state index is 5.77. The van der Waals surface area contributed by atoms with Crippen molar-refractivity contribution in [2.24, 2.45) is 0 Å². The van der Waals surface area contributed by atoms with Crippen LogP contribution in [0.1, 0.15) is 30.9 Å². The molecule has 0 aromatic heterocycles. The molecule has 17 heavy (non-hydrogen) atoms. The van der Waals surface area contributed by atoms with E-state index in [-0.39, 0.29) is 0 Å². The number of rotatable bonds is 6. The molecule has 0 bridgehead atoms. The summed E-state index contributed by atoms with van der Waals surface area (Å²) < 4.78 is 5.39. The molecule has 0 fully saturated rings. The van der Waals surface area contributed by atoms with Gasteiger partial charge < -0.3 is 4.74 Å². The van der Waals surface area contributed by atoms with Crippen molar-refractivity contribution in [3.63, 3.8) is 0 Å². The Balaban J connectivity index is 2.82. The van der Waals surface area contributed by atoms with Crippen LogP contribution in [-0.4, -0.2) is 31.6 Å². The Kier molecular flexibility index (Phi) is 5.79. The Morgan fingerprint density at radius 1 is 1.35 bits per heavy atom. The fourth-order valence-electron chi connectivity index (χ4n) is 1.72. The van der Waals surface area contributed by atoms with Gasteiger partial charge >= 0.3 is 0 Å². The topological polar surface area (TPSA) is 12.5 Å². The molecular weight excluding hydrogens is 234 g/mol. The Morgan fingerprint density at radius 2 is 2.06 bits per heavy atom. The quantitative estimate of drug-likeness (QED) is 0.570. The third-order valence-electron chi connectivity index (χ3n) is 2.94. The highest BCUT2D eigenvalue weighted by Gasteiger charge is 2.07. The number of benzene rings is 1. The molecule has 0 aliphatic rings. The second-order valence-corrected chi connectivity index (χ2v) is 4.91. The number of alkyl halides is 1. The highest BCUT2D eigenvalue weighted by molar-refractivity contribution is 6.17. The Labute approximate surface area is 110 Å². The molecule has 3 heteroatoms. The van der Waals surface area contributed by atoms with E-state index in [1.165, 1.54) is 11.1 Å². The van der Waals surface area contributed by atoms with Gasteiger partial charge in [-0.3, -0.25) is 4.90 Å². The van der Waals surface area contributed by atoms with Crippen molar-refractivity contribution < 1.29 is 4.74 Å². The van der Waals surface area contributed by atoms with Crippen molar-refractivity contribution in [2.75, 3.05) is 26.7 Å². The van der Waals surface area contributed by atoms with Gasteiger partial charge in [0.1, 0.15) is 5.75 Å². The molecule has 0 saturated carbocycles. The zero-order valence-corrected chi connectivity index (χ0v) is 11.9. The molecule has 1 aromatic rings. The van der Waals surface area contributed by atoms with E-state index in [2.05, 4.69) is 36.9 Å². The molecule has 0 heterocycles. The zero-order valence-electron chi connectivity index (χ0n) is 11.2. The van der Waals surface area contributed by atoms with Gasteiger partial charge in [-0.25, -0.2) is 0 Å². The van der Waals surface area contributed by atoms with Crippen LogP contribution in [0.25, 0.3) is 0 Å². The van der Waals surface area contributed by atoms with Gasteiger partial charge in [0.15, 0.2) is 0 Å². The van der Waals surface area contributed by atoms with Gasteiger partial charge in [0.2, 0.25) is 0 Å². The van der Waals surface area contributed by atoms with Crippen LogP contribution in [0.2, 0.25) is 0 Å². The minimum Gasteiger partial charge on any atom is -0.496 e. The maximum atomic E-state index is 5.77. The number of hydrogen-bond acceptors (Lipinski definition) is 2. The van der Waals surface area contributed by atoms with Crippen molar-refractivity contribution in [3.05, 3.63) is 29.3 Å². The first-order valence-electron chi connectivity index (χ1n) is 5.99. The van der Waals surface area contributed by atoms with Gasteiger partial charge in [0.05, 0.1) is 13.1 Å². The van der Waals surface area contributed by atoms with Gasteiger partial charge in [-0.2, -0.15) is 0 Å². The van der Waals surface area contributed by atoms with Crippen LogP contribution >= 0.6 is 11.6 Å². The van der Waals surface area contributed by atoms with Crippen molar-refractivity contribution in [1.29, 1.82) is 0 Å². The van der Waals surface area contributed by atoms with E-state index in [1.54, 1.807) is 7.11 Å². The maximum Gasteiger partial charge on any atom is 0.122 e. The van der Waals surface area contributed by atoms with Crippen LogP contribution in [-0.2, 0) is 6.42 Å². The lowest BCUT2D eigenvalue weighted by Crippen LogP contribution is -2.19. The van der Waals surface area contributed by atoms with Crippen molar-refractivity contribution in [3.8, 4) is 5.75 Å². The molecule has 0 aliphatic carbocycles. The predicted octanol–water partition coefficient (Wildman–Crippen LogP) is 3.49. The summed E-state index contributed by atoms with van der Waals surface area (Å²) in [5.74, 6) is 1.52. The normalized spacial score (nSPS) is 11.2. The molecule has 2 nitrogen and oxygen atoms in total. The molecule has 0 saturated heterocycles. The van der Waals surface area contributed by atoms with Crippen LogP contribution in [0.4, 0.5) is 0 Å². The molecular formula is C14H22ClNO. The van der Waals surface area contributed by atoms with Crippen molar-refractivity contribution >= 4 is 11.6 Å². The fourth-order valence-corrected chi connectivity index (χ4v) is 1.84. The van der Waals surface area contributed by atoms with Crippen molar-refractivity contribution in [1.82, 2.24) is 4.90 Å². The lowest BCUT2D eigenvalue weighted by Gasteiger charge is -2.16. The summed E-state index contributed by atoms with van der Waals surface area (Å²) in [6, 6.07) is 7.00. The summed E-state index contributed by atoms with van der Waals surface area (Å²) in [5, 5.41) is 0. The van der Waals surface area contributed by atoms with Crippen LogP contribution < -0.4 is 4.74 Å². The molecule has 1 rings (SSSR count). The third kappa shape index (κ3) is 4.21. The fraction of sp³-hybridized carbons (Fsp3) is 0.571. The monoisotopic (exact) mass is 255 g/mol. The average molecular weight is 256 g/mol. The second kappa shape index (κ2) is 6.87.